The van der Waals surface area contributed by atoms with Crippen molar-refractivity contribution in [3.05, 3.63) is 30.1 Å². The number of nitrogens with zero attached hydrogens (tertiary/aromatic N) is 1. The van der Waals surface area contributed by atoms with Crippen LogP contribution in [0.15, 0.2) is 24.5 Å². The Balaban J connectivity index is 2.05. The number of ether oxygens (including phenoxy) is 2. The molecular formula is C12H20BINO12P3S2. The number of aromatic nitrogens is 1. The van der Waals surface area contributed by atoms with E-state index in [4.69, 9.17) is 23.8 Å². The highest BCUT2D eigenvalue weighted by molar-refractivity contribution is 14.1. The fourth-order valence-electron chi connectivity index (χ4n) is 2.58. The average Bonchev–Trinajstić information content (AvgIpc) is 3.06. The highest BCUT2D eigenvalue weighted by atomic mass is 127. The van der Waals surface area contributed by atoms with Gasteiger partial charge in [0.15, 0.2) is 0 Å². The topological polar surface area (TPSA) is 191 Å². The van der Waals surface area contributed by atoms with Crippen molar-refractivity contribution < 1.29 is 55.9 Å². The van der Waals surface area contributed by atoms with E-state index in [2.05, 4.69) is 36.0 Å². The number of halogens is 1. The van der Waals surface area contributed by atoms with Crippen LogP contribution in [0, 0.1) is 0 Å². The lowest BCUT2D eigenvalue weighted by atomic mass is 9.96. The van der Waals surface area contributed by atoms with Gasteiger partial charge in [0.1, 0.15) is 11.5 Å². The first kappa shape index (κ1) is 29.2. The highest BCUT2D eigenvalue weighted by Gasteiger charge is 2.43. The first-order valence-corrected chi connectivity index (χ1v) is 17.3. The van der Waals surface area contributed by atoms with E-state index in [1.807, 2.05) is 12.3 Å². The summed E-state index contributed by atoms with van der Waals surface area (Å²) in [7, 11) is -13.4. The van der Waals surface area contributed by atoms with Gasteiger partial charge in [0.05, 0.1) is 12.7 Å². The fraction of sp³-hybridized carbons (Fsp3) is 0.583. The van der Waals surface area contributed by atoms with Crippen LogP contribution >= 0.6 is 67.4 Å². The molecule has 4 N–H and O–H groups in total. The van der Waals surface area contributed by atoms with Crippen LogP contribution in [0.5, 0.6) is 0 Å². The van der Waals surface area contributed by atoms with Gasteiger partial charge in [-0.3, -0.25) is 9.51 Å². The van der Waals surface area contributed by atoms with Crippen molar-refractivity contribution in [1.29, 1.82) is 0 Å². The van der Waals surface area contributed by atoms with E-state index in [0.717, 1.165) is 5.56 Å². The lowest BCUT2D eigenvalue weighted by Gasteiger charge is -2.25. The Hall–Kier alpha value is 0.975. The Labute approximate surface area is 205 Å². The molecule has 1 fully saturated rings. The quantitative estimate of drug-likeness (QED) is 0.0790. The maximum Gasteiger partial charge on any atom is 0.490 e. The monoisotopic (exact) mass is 665 g/mol. The third kappa shape index (κ3) is 10.3. The van der Waals surface area contributed by atoms with Gasteiger partial charge in [-0.1, -0.05) is 27.7 Å². The SMILES string of the molecule is CSSC(OC1CC(BI)OC1COP(=O)(O)OP(=O)(O)OP(=O)(O)O)c1cccnc1. The molecule has 1 aliphatic heterocycles. The molecule has 2 heterocycles. The second-order valence-electron chi connectivity index (χ2n) is 6.13. The molecule has 0 aromatic carbocycles. The van der Waals surface area contributed by atoms with E-state index in [1.165, 1.54) is 21.6 Å². The number of phosphoric acid groups is 3. The van der Waals surface area contributed by atoms with Gasteiger partial charge in [-0.05, 0) is 18.7 Å². The normalized spacial score (nSPS) is 26.2. The molecule has 13 nitrogen and oxygen atoms in total. The molecule has 0 amide bonds. The minimum Gasteiger partial charge on any atom is -0.377 e. The van der Waals surface area contributed by atoms with Crippen molar-refractivity contribution in [2.75, 3.05) is 12.9 Å². The van der Waals surface area contributed by atoms with Crippen molar-refractivity contribution in [3.8, 4) is 0 Å². The maximum absolute atomic E-state index is 12.0. The Morgan fingerprint density at radius 2 is 2.00 bits per heavy atom. The van der Waals surface area contributed by atoms with Gasteiger partial charge in [0, 0.05) is 24.0 Å². The summed E-state index contributed by atoms with van der Waals surface area (Å²) in [5.74, 6) is 0. The van der Waals surface area contributed by atoms with Gasteiger partial charge >= 0.3 is 23.5 Å². The predicted octanol–water partition coefficient (Wildman–Crippen LogP) is 2.72. The summed E-state index contributed by atoms with van der Waals surface area (Å²) in [5, 5.41) is 0.608. The van der Waals surface area contributed by atoms with Gasteiger partial charge < -0.3 is 29.0 Å². The van der Waals surface area contributed by atoms with Crippen LogP contribution in [0.4, 0.5) is 0 Å². The molecule has 1 saturated heterocycles. The summed E-state index contributed by atoms with van der Waals surface area (Å²) in [4.78, 5) is 40.2. The first-order valence-electron chi connectivity index (χ1n) is 8.59. The van der Waals surface area contributed by atoms with Crippen LogP contribution in [-0.4, -0.2) is 60.8 Å². The van der Waals surface area contributed by atoms with Crippen LogP contribution < -0.4 is 0 Å². The zero-order valence-electron chi connectivity index (χ0n) is 16.3. The lowest BCUT2D eigenvalue weighted by molar-refractivity contribution is -0.0447. The zero-order valence-corrected chi connectivity index (χ0v) is 22.8. The average molecular weight is 665 g/mol. The molecular weight excluding hydrogens is 645 g/mol. The minimum atomic E-state index is -5.59. The first-order chi connectivity index (χ1) is 14.8. The van der Waals surface area contributed by atoms with Gasteiger partial charge in [-0.15, -0.1) is 0 Å². The van der Waals surface area contributed by atoms with Crippen molar-refractivity contribution in [3.63, 3.8) is 0 Å². The molecule has 1 aromatic heterocycles. The smallest absolute Gasteiger partial charge is 0.377 e. The molecule has 1 aromatic rings. The number of hydrogen-bond donors (Lipinski definition) is 4. The Kier molecular flexibility index (Phi) is 11.7. The molecule has 0 radical (unpaired) electrons. The lowest BCUT2D eigenvalue weighted by Crippen LogP contribution is -2.29. The fourth-order valence-corrected chi connectivity index (χ4v) is 7.78. The summed E-state index contributed by atoms with van der Waals surface area (Å²) in [6.45, 7) is -0.564. The van der Waals surface area contributed by atoms with E-state index in [9.17, 15) is 23.5 Å². The number of pyridine rings is 1. The van der Waals surface area contributed by atoms with Crippen LogP contribution in [0.1, 0.15) is 17.4 Å². The third-order valence-corrected chi connectivity index (χ3v) is 10.3. The number of rotatable bonds is 13. The summed E-state index contributed by atoms with van der Waals surface area (Å²) in [6.07, 6.45) is 4.22. The van der Waals surface area contributed by atoms with Gasteiger partial charge in [0.25, 0.3) is 0 Å². The van der Waals surface area contributed by atoms with Crippen LogP contribution in [0.25, 0.3) is 0 Å². The zero-order chi connectivity index (χ0) is 24.0. The molecule has 0 spiro atoms. The second-order valence-corrected chi connectivity index (χ2v) is 14.0. The molecule has 6 atom stereocenters. The molecule has 6 unspecified atom stereocenters. The molecule has 32 heavy (non-hydrogen) atoms. The van der Waals surface area contributed by atoms with E-state index in [-0.39, 0.29) is 6.00 Å². The number of hydrogen-bond acceptors (Lipinski definition) is 11. The van der Waals surface area contributed by atoms with Crippen molar-refractivity contribution in [1.82, 2.24) is 4.98 Å². The molecule has 0 bridgehead atoms. The van der Waals surface area contributed by atoms with Crippen LogP contribution in [-0.2, 0) is 36.3 Å². The molecule has 1 aliphatic rings. The van der Waals surface area contributed by atoms with E-state index < -0.39 is 47.7 Å². The highest BCUT2D eigenvalue weighted by Crippen LogP contribution is 2.66. The van der Waals surface area contributed by atoms with Gasteiger partial charge in [-0.25, -0.2) is 13.7 Å². The Morgan fingerprint density at radius 3 is 2.56 bits per heavy atom. The van der Waals surface area contributed by atoms with Crippen LogP contribution in [0.3, 0.4) is 0 Å². The van der Waals surface area contributed by atoms with Gasteiger partial charge in [-0.2, -0.15) is 31.0 Å². The van der Waals surface area contributed by atoms with E-state index >= 15 is 0 Å². The molecule has 0 aliphatic carbocycles. The van der Waals surface area contributed by atoms with E-state index in [1.54, 1.807) is 18.5 Å². The standard InChI is InChI=1S/C12H20BINO12P3S2/c1-31-32-12(8-3-2-4-15-6-8)25-9-5-11(13-14)24-10(9)7-23-29(19,20)27-30(21,22)26-28(16,17)18/h2-4,6,9-13H,5,7H2,1H3,(H,19,20)(H,21,22)(H2,16,17,18). The second kappa shape index (κ2) is 12.8. The molecule has 2 rings (SSSR count). The molecule has 0 saturated carbocycles. The van der Waals surface area contributed by atoms with Crippen LogP contribution in [0.2, 0.25) is 0 Å². The molecule has 20 heteroatoms. The number of phosphoric ester groups is 1. The summed E-state index contributed by atoms with van der Waals surface area (Å²) in [6, 6.07) is 3.37. The maximum atomic E-state index is 12.0. The summed E-state index contributed by atoms with van der Waals surface area (Å²) in [5.41, 5.74) is 0.380. The third-order valence-electron chi connectivity index (χ3n) is 3.71. The predicted molar refractivity (Wildman–Crippen MR) is 127 cm³/mol. The summed E-state index contributed by atoms with van der Waals surface area (Å²) >= 11 is 2.12. The minimum absolute atomic E-state index is 0.232. The van der Waals surface area contributed by atoms with Crippen molar-refractivity contribution in [2.24, 2.45) is 0 Å². The van der Waals surface area contributed by atoms with Crippen molar-refractivity contribution in [2.45, 2.75) is 30.1 Å². The van der Waals surface area contributed by atoms with Gasteiger partial charge in [0.2, 0.25) is 5.14 Å². The summed E-state index contributed by atoms with van der Waals surface area (Å²) < 4.78 is 58.3. The van der Waals surface area contributed by atoms with Crippen molar-refractivity contribution >= 4 is 72.6 Å². The largest absolute Gasteiger partial charge is 0.490 e. The molecule has 182 valence electrons. The Morgan fingerprint density at radius 1 is 1.28 bits per heavy atom. The Bertz CT molecular complexity index is 884. The van der Waals surface area contributed by atoms with E-state index in [0.29, 0.717) is 11.6 Å².